The first-order valence-corrected chi connectivity index (χ1v) is 21.9. The van der Waals surface area contributed by atoms with Gasteiger partial charge in [0.15, 0.2) is 5.75 Å². The Morgan fingerprint density at radius 3 is 2.40 bits per heavy atom. The number of benzene rings is 3. The highest BCUT2D eigenvalue weighted by molar-refractivity contribution is 7.22. The maximum absolute atomic E-state index is 14.3. The average Bonchev–Trinajstić information content (AvgIpc) is 3.67. The summed E-state index contributed by atoms with van der Waals surface area (Å²) in [6.45, 7) is 7.00. The van der Waals surface area contributed by atoms with E-state index in [-0.39, 0.29) is 54.6 Å². The number of nitrogens with zero attached hydrogens (tertiary/aromatic N) is 6. The lowest BCUT2D eigenvalue weighted by atomic mass is 9.92. The van der Waals surface area contributed by atoms with Crippen LogP contribution in [0.25, 0.3) is 31.8 Å². The maximum atomic E-state index is 14.3. The van der Waals surface area contributed by atoms with Crippen LogP contribution in [-0.4, -0.2) is 123 Å². The quantitative estimate of drug-likeness (QED) is 0.128. The zero-order valence-corrected chi connectivity index (χ0v) is 37.0. The molecule has 3 aliphatic rings. The number of aliphatic hydroxyl groups is 2. The number of carboxylic acid groups (broad SMARTS) is 1. The van der Waals surface area contributed by atoms with E-state index in [1.54, 1.807) is 36.4 Å². The van der Waals surface area contributed by atoms with E-state index in [0.717, 1.165) is 26.2 Å². The second-order valence-electron chi connectivity index (χ2n) is 15.6. The summed E-state index contributed by atoms with van der Waals surface area (Å²) in [6.07, 6.45) is 0.590. The van der Waals surface area contributed by atoms with Crippen LogP contribution in [0.5, 0.6) is 23.1 Å². The number of carbonyl (C=O) groups is 1. The number of thiophene rings is 1. The van der Waals surface area contributed by atoms with E-state index < -0.39 is 29.9 Å². The highest BCUT2D eigenvalue weighted by atomic mass is 35.5. The monoisotopic (exact) mass is 918 g/mol. The van der Waals surface area contributed by atoms with Crippen molar-refractivity contribution in [2.24, 2.45) is 0 Å². The minimum Gasteiger partial charge on any atom is -0.490 e. The molecule has 3 aliphatic heterocycles. The molecule has 4 bridgehead atoms. The van der Waals surface area contributed by atoms with Crippen LogP contribution < -0.4 is 18.9 Å². The van der Waals surface area contributed by atoms with Gasteiger partial charge in [-0.05, 0) is 79.5 Å². The Morgan fingerprint density at radius 1 is 0.968 bits per heavy atom. The van der Waals surface area contributed by atoms with Crippen LogP contribution in [-0.2, 0) is 17.8 Å². The molecule has 330 valence electrons. The predicted octanol–water partition coefficient (Wildman–Crippen LogP) is 6.99. The number of hydrogen-bond donors (Lipinski definition) is 3. The Balaban J connectivity index is 1.27. The van der Waals surface area contributed by atoms with E-state index in [9.17, 15) is 24.5 Å². The average molecular weight is 920 g/mol. The van der Waals surface area contributed by atoms with Crippen LogP contribution in [0.2, 0.25) is 10.0 Å². The summed E-state index contributed by atoms with van der Waals surface area (Å²) in [6, 6.07) is 12.8. The van der Waals surface area contributed by atoms with Crippen molar-refractivity contribution in [1.29, 1.82) is 0 Å². The molecular weight excluding hydrogens is 874 g/mol. The molecule has 3 N–H and O–H groups in total. The lowest BCUT2D eigenvalue weighted by Gasteiger charge is -2.35. The summed E-state index contributed by atoms with van der Waals surface area (Å²) in [5, 5.41) is 31.2. The predicted molar refractivity (Wildman–Crippen MR) is 237 cm³/mol. The van der Waals surface area contributed by atoms with Crippen molar-refractivity contribution in [2.45, 2.75) is 45.0 Å². The molecule has 6 heterocycles. The van der Waals surface area contributed by atoms with Gasteiger partial charge in [-0.15, -0.1) is 11.3 Å². The van der Waals surface area contributed by atoms with E-state index in [4.69, 9.17) is 42.1 Å². The van der Waals surface area contributed by atoms with Crippen molar-refractivity contribution in [1.82, 2.24) is 29.7 Å². The number of halogens is 3. The van der Waals surface area contributed by atoms with Gasteiger partial charge >= 0.3 is 5.97 Å². The van der Waals surface area contributed by atoms with Gasteiger partial charge in [0.2, 0.25) is 12.0 Å². The maximum Gasteiger partial charge on any atom is 0.345 e. The Morgan fingerprint density at radius 2 is 1.70 bits per heavy atom. The Hall–Kier alpha value is -5.20. The first-order valence-electron chi connectivity index (χ1n) is 20.3. The molecule has 3 aromatic heterocycles. The number of likely N-dealkylation sites (N-methyl/N-ethyl adjacent to an activating group) is 1. The standard InChI is InChI=1S/C45H45Cl2FN6O8S/c1-24-35-25(2)39(47)40(38(24)46)61-32(18-54-14-12-53(3)13-15-54)22-59-31-8-9-33(60-21-30-10-11-49-42(52-30)28(19-55)20-56)27(16-31)17-34(45(57)58)62-43-37-36(35)41(63-44(37)51-23-50-43)26-4-6-29(48)7-5-26/h4-11,16,23,28,32,34,55-56H,12-15,17-22H2,1-3H3,(H,57,58)/t32-,34-/m1/s1. The van der Waals surface area contributed by atoms with Gasteiger partial charge in [0.25, 0.3) is 0 Å². The number of carboxylic acids is 1. The van der Waals surface area contributed by atoms with Gasteiger partial charge < -0.3 is 39.2 Å². The Kier molecular flexibility index (Phi) is 13.6. The topological polar surface area (TPSA) is 173 Å². The van der Waals surface area contributed by atoms with E-state index in [0.29, 0.717) is 78.0 Å². The number of fused-ring (bicyclic) bond motifs is 7. The van der Waals surface area contributed by atoms with Crippen molar-refractivity contribution in [2.75, 3.05) is 59.6 Å². The highest BCUT2D eigenvalue weighted by Gasteiger charge is 2.32. The summed E-state index contributed by atoms with van der Waals surface area (Å²) in [4.78, 5) is 36.8. The minimum absolute atomic E-state index is 0.000601. The smallest absolute Gasteiger partial charge is 0.345 e. The lowest BCUT2D eigenvalue weighted by molar-refractivity contribution is -0.145. The van der Waals surface area contributed by atoms with Gasteiger partial charge in [-0.2, -0.15) is 0 Å². The molecule has 9 rings (SSSR count). The molecule has 1 saturated heterocycles. The van der Waals surface area contributed by atoms with Crippen LogP contribution in [0.15, 0.2) is 61.1 Å². The molecule has 6 aromatic rings. The fraction of sp³-hybridized carbons (Fsp3) is 0.356. The number of ether oxygens (including phenoxy) is 4. The molecule has 0 spiro atoms. The molecule has 14 nitrogen and oxygen atoms in total. The highest BCUT2D eigenvalue weighted by Crippen LogP contribution is 2.53. The molecule has 0 saturated carbocycles. The zero-order chi connectivity index (χ0) is 44.4. The largest absolute Gasteiger partial charge is 0.490 e. The van der Waals surface area contributed by atoms with E-state index in [1.807, 2.05) is 13.8 Å². The van der Waals surface area contributed by atoms with Crippen molar-refractivity contribution in [3.63, 3.8) is 0 Å². The van der Waals surface area contributed by atoms with Gasteiger partial charge in [0.1, 0.15) is 53.6 Å². The Bertz CT molecular complexity index is 2600. The fourth-order valence-electron chi connectivity index (χ4n) is 7.78. The van der Waals surface area contributed by atoms with Crippen LogP contribution in [0.3, 0.4) is 0 Å². The van der Waals surface area contributed by atoms with Gasteiger partial charge in [-0.3, -0.25) is 4.90 Å². The molecule has 18 heteroatoms. The second kappa shape index (κ2) is 19.3. The van der Waals surface area contributed by atoms with E-state index in [1.165, 1.54) is 36.0 Å². The lowest BCUT2D eigenvalue weighted by Crippen LogP contribution is -2.49. The third-order valence-corrected chi connectivity index (χ3v) is 13.3. The van der Waals surface area contributed by atoms with Gasteiger partial charge in [0, 0.05) is 61.3 Å². The van der Waals surface area contributed by atoms with Crippen molar-refractivity contribution in [3.05, 3.63) is 105 Å². The summed E-state index contributed by atoms with van der Waals surface area (Å²) >= 11 is 15.9. The number of hydrogen-bond acceptors (Lipinski definition) is 14. The molecule has 63 heavy (non-hydrogen) atoms. The Labute approximate surface area is 376 Å². The third kappa shape index (κ3) is 9.53. The fourth-order valence-corrected chi connectivity index (χ4v) is 9.44. The van der Waals surface area contributed by atoms with Crippen LogP contribution in [0.1, 0.15) is 34.1 Å². The molecule has 2 atom stereocenters. The summed E-state index contributed by atoms with van der Waals surface area (Å²) in [5.41, 5.74) is 4.10. The number of piperazine rings is 1. The summed E-state index contributed by atoms with van der Waals surface area (Å²) < 4.78 is 40.3. The van der Waals surface area contributed by atoms with Crippen molar-refractivity contribution < 1.29 is 43.5 Å². The summed E-state index contributed by atoms with van der Waals surface area (Å²) in [5.74, 6) is -1.02. The van der Waals surface area contributed by atoms with E-state index >= 15 is 0 Å². The number of aromatic nitrogens is 4. The molecule has 1 fully saturated rings. The molecule has 0 aliphatic carbocycles. The minimum atomic E-state index is -1.50. The molecule has 0 unspecified atom stereocenters. The summed E-state index contributed by atoms with van der Waals surface area (Å²) in [7, 11) is 2.09. The zero-order valence-electron chi connectivity index (χ0n) is 34.7. The molecule has 0 radical (unpaired) electrons. The van der Waals surface area contributed by atoms with Crippen molar-refractivity contribution in [3.8, 4) is 44.7 Å². The first kappa shape index (κ1) is 44.4. The first-order chi connectivity index (χ1) is 30.4. The van der Waals surface area contributed by atoms with Gasteiger partial charge in [0.05, 0.1) is 40.3 Å². The van der Waals surface area contributed by atoms with Gasteiger partial charge in [-0.1, -0.05) is 35.3 Å². The molecular formula is C45H45Cl2FN6O8S. The number of rotatable bonds is 10. The number of aliphatic carboxylic acids is 1. The molecule has 3 aromatic carbocycles. The third-order valence-electron chi connectivity index (χ3n) is 11.3. The van der Waals surface area contributed by atoms with Gasteiger partial charge in [-0.25, -0.2) is 29.1 Å². The second-order valence-corrected chi connectivity index (χ2v) is 17.3. The van der Waals surface area contributed by atoms with Crippen LogP contribution in [0.4, 0.5) is 4.39 Å². The van der Waals surface area contributed by atoms with Crippen molar-refractivity contribution >= 4 is 50.7 Å². The SMILES string of the molecule is Cc1c(Cl)c2c(Cl)c(C)c1-c1c(-c3ccc(F)cc3)sc3ncnc(c13)O[C@@H](C(=O)O)Cc1cc(ccc1OCc1ccnc(C(CO)CO)n1)OC[C@@H](CN1CCN(C)CC1)O2. The molecule has 0 amide bonds. The van der Waals surface area contributed by atoms with E-state index in [2.05, 4.69) is 36.8 Å². The number of aliphatic hydroxyl groups excluding tert-OH is 2. The normalized spacial score (nSPS) is 17.3. The van der Waals surface area contributed by atoms with Crippen LogP contribution in [0, 0.1) is 19.7 Å². The van der Waals surface area contributed by atoms with Crippen LogP contribution >= 0.6 is 34.5 Å².